The Morgan fingerprint density at radius 3 is 2.61 bits per heavy atom. The smallest absolute Gasteiger partial charge is 0.254 e. The molecule has 0 bridgehead atoms. The molecule has 0 saturated heterocycles. The molecule has 0 aliphatic carbocycles. The molecule has 1 aromatic heterocycles. The minimum absolute atomic E-state index is 0.0195. The van der Waals surface area contributed by atoms with Crippen LogP contribution in [0.15, 0.2) is 53.9 Å². The van der Waals surface area contributed by atoms with E-state index in [4.69, 9.17) is 16.3 Å². The highest BCUT2D eigenvalue weighted by atomic mass is 35.5. The van der Waals surface area contributed by atoms with Gasteiger partial charge in [-0.25, -0.2) is 0 Å². The molecule has 0 N–H and O–H groups in total. The molecule has 1 aliphatic rings. The van der Waals surface area contributed by atoms with Crippen molar-refractivity contribution in [2.24, 2.45) is 0 Å². The van der Waals surface area contributed by atoms with Crippen molar-refractivity contribution in [3.05, 3.63) is 86.1 Å². The van der Waals surface area contributed by atoms with Crippen LogP contribution in [0, 0.1) is 13.8 Å². The number of rotatable bonds is 6. The SMILES string of the molecule is Cc1ccc(OC[C@H]2c3ccsc3CCN2C(=O)CN(C(=O)c2cccc(Cl)c2)C(C)(C)C)c(C)c1. The van der Waals surface area contributed by atoms with E-state index in [9.17, 15) is 9.59 Å². The second-order valence-electron chi connectivity index (χ2n) is 10.3. The van der Waals surface area contributed by atoms with Crippen molar-refractivity contribution in [1.29, 1.82) is 0 Å². The van der Waals surface area contributed by atoms with E-state index in [2.05, 4.69) is 24.4 Å². The van der Waals surface area contributed by atoms with E-state index >= 15 is 0 Å². The molecule has 2 amide bonds. The number of hydrogen-bond acceptors (Lipinski definition) is 4. The first-order chi connectivity index (χ1) is 17.0. The Morgan fingerprint density at radius 2 is 1.92 bits per heavy atom. The van der Waals surface area contributed by atoms with E-state index < -0.39 is 5.54 Å². The molecule has 190 valence electrons. The van der Waals surface area contributed by atoms with Gasteiger partial charge in [-0.05, 0) is 87.9 Å². The van der Waals surface area contributed by atoms with Crippen molar-refractivity contribution >= 4 is 34.8 Å². The molecule has 0 saturated carbocycles. The number of halogens is 1. The topological polar surface area (TPSA) is 49.9 Å². The first-order valence-electron chi connectivity index (χ1n) is 12.2. The molecule has 7 heteroatoms. The Kier molecular flexibility index (Phi) is 7.76. The molecule has 2 heterocycles. The third kappa shape index (κ3) is 5.76. The fourth-order valence-electron chi connectivity index (χ4n) is 4.62. The lowest BCUT2D eigenvalue weighted by molar-refractivity contribution is -0.136. The Morgan fingerprint density at radius 1 is 1.14 bits per heavy atom. The lowest BCUT2D eigenvalue weighted by atomic mass is 9.99. The number of hydrogen-bond donors (Lipinski definition) is 0. The predicted octanol–water partition coefficient (Wildman–Crippen LogP) is 6.46. The third-order valence-electron chi connectivity index (χ3n) is 6.56. The lowest BCUT2D eigenvalue weighted by Crippen LogP contribution is -2.53. The molecule has 0 radical (unpaired) electrons. The van der Waals surface area contributed by atoms with Crippen LogP contribution >= 0.6 is 22.9 Å². The van der Waals surface area contributed by atoms with Gasteiger partial charge in [-0.15, -0.1) is 11.3 Å². The Bertz CT molecular complexity index is 1260. The zero-order valence-electron chi connectivity index (χ0n) is 21.5. The summed E-state index contributed by atoms with van der Waals surface area (Å²) in [6.07, 6.45) is 0.802. The van der Waals surface area contributed by atoms with E-state index in [1.165, 1.54) is 10.4 Å². The summed E-state index contributed by atoms with van der Waals surface area (Å²) < 4.78 is 6.26. The van der Waals surface area contributed by atoms with Crippen LogP contribution in [0.4, 0.5) is 0 Å². The molecule has 2 aromatic carbocycles. The van der Waals surface area contributed by atoms with Crippen molar-refractivity contribution in [1.82, 2.24) is 9.80 Å². The molecular formula is C29H33ClN2O3S. The number of carbonyl (C=O) groups is 2. The monoisotopic (exact) mass is 524 g/mol. The van der Waals surface area contributed by atoms with Crippen LogP contribution in [-0.4, -0.2) is 46.8 Å². The number of thiophene rings is 1. The van der Waals surface area contributed by atoms with Crippen molar-refractivity contribution in [3.8, 4) is 5.75 Å². The van der Waals surface area contributed by atoms with E-state index in [1.54, 1.807) is 40.5 Å². The molecule has 4 rings (SSSR count). The fraction of sp³-hybridized carbons (Fsp3) is 0.379. The lowest BCUT2D eigenvalue weighted by Gasteiger charge is -2.40. The van der Waals surface area contributed by atoms with Gasteiger partial charge in [0.15, 0.2) is 0 Å². The fourth-order valence-corrected chi connectivity index (χ4v) is 5.74. The van der Waals surface area contributed by atoms with E-state index in [0.29, 0.717) is 23.7 Å². The van der Waals surface area contributed by atoms with Gasteiger partial charge in [-0.1, -0.05) is 35.4 Å². The number of fused-ring (bicyclic) bond motifs is 1. The number of benzene rings is 2. The summed E-state index contributed by atoms with van der Waals surface area (Å²) >= 11 is 7.86. The molecule has 5 nitrogen and oxygen atoms in total. The molecule has 0 spiro atoms. The summed E-state index contributed by atoms with van der Waals surface area (Å²) in [4.78, 5) is 32.0. The van der Waals surface area contributed by atoms with Gasteiger partial charge in [0.2, 0.25) is 5.91 Å². The van der Waals surface area contributed by atoms with Gasteiger partial charge in [0.25, 0.3) is 5.91 Å². The maximum Gasteiger partial charge on any atom is 0.254 e. The van der Waals surface area contributed by atoms with E-state index in [1.807, 2.05) is 44.7 Å². The summed E-state index contributed by atoms with van der Waals surface area (Å²) in [6, 6.07) is 14.9. The normalized spacial score (nSPS) is 15.4. The second kappa shape index (κ2) is 10.7. The van der Waals surface area contributed by atoms with Gasteiger partial charge in [-0.2, -0.15) is 0 Å². The molecule has 3 aromatic rings. The first kappa shape index (κ1) is 26.2. The Hall–Kier alpha value is -2.83. The predicted molar refractivity (Wildman–Crippen MR) is 146 cm³/mol. The molecule has 1 aliphatic heterocycles. The maximum absolute atomic E-state index is 13.8. The highest BCUT2D eigenvalue weighted by Gasteiger charge is 2.36. The van der Waals surface area contributed by atoms with Crippen molar-refractivity contribution < 1.29 is 14.3 Å². The summed E-state index contributed by atoms with van der Waals surface area (Å²) in [5, 5.41) is 2.57. The highest BCUT2D eigenvalue weighted by molar-refractivity contribution is 7.10. The minimum Gasteiger partial charge on any atom is -0.491 e. The van der Waals surface area contributed by atoms with Gasteiger partial charge in [0.1, 0.15) is 18.9 Å². The van der Waals surface area contributed by atoms with Gasteiger partial charge in [0.05, 0.1) is 6.04 Å². The zero-order valence-corrected chi connectivity index (χ0v) is 23.1. The standard InChI is InChI=1S/C29H33ClN2O3S/c1-19-9-10-25(20(2)15-19)35-18-24-23-12-14-36-26(23)11-13-31(24)27(33)17-32(29(3,4)5)28(34)21-7-6-8-22(30)16-21/h6-10,12,14-16,24H,11,13,17-18H2,1-5H3/t24-/m0/s1. The van der Waals surface area contributed by atoms with Crippen LogP contribution in [0.2, 0.25) is 5.02 Å². The van der Waals surface area contributed by atoms with Crippen LogP contribution in [0.5, 0.6) is 5.75 Å². The van der Waals surface area contributed by atoms with Crippen LogP contribution in [0.1, 0.15) is 58.7 Å². The zero-order chi connectivity index (χ0) is 26.0. The average molecular weight is 525 g/mol. The number of carbonyl (C=O) groups excluding carboxylic acids is 2. The first-order valence-corrected chi connectivity index (χ1v) is 13.4. The third-order valence-corrected chi connectivity index (χ3v) is 7.79. The van der Waals surface area contributed by atoms with Gasteiger partial charge < -0.3 is 14.5 Å². The summed E-state index contributed by atoms with van der Waals surface area (Å²) in [5.74, 6) is 0.517. The number of nitrogens with zero attached hydrogens (tertiary/aromatic N) is 2. The van der Waals surface area contributed by atoms with Crippen molar-refractivity contribution in [3.63, 3.8) is 0 Å². The molecule has 36 heavy (non-hydrogen) atoms. The molecule has 0 fully saturated rings. The van der Waals surface area contributed by atoms with Crippen LogP contribution in [0.3, 0.4) is 0 Å². The van der Waals surface area contributed by atoms with Gasteiger partial charge in [-0.3, -0.25) is 9.59 Å². The second-order valence-corrected chi connectivity index (χ2v) is 11.7. The summed E-state index contributed by atoms with van der Waals surface area (Å²) in [6.45, 7) is 10.8. The largest absolute Gasteiger partial charge is 0.491 e. The van der Waals surface area contributed by atoms with Crippen molar-refractivity contribution in [2.45, 2.75) is 52.6 Å². The minimum atomic E-state index is -0.552. The van der Waals surface area contributed by atoms with Crippen molar-refractivity contribution in [2.75, 3.05) is 19.7 Å². The Labute approximate surface area is 222 Å². The van der Waals surface area contributed by atoms with Gasteiger partial charge in [0, 0.05) is 27.5 Å². The molecular weight excluding hydrogens is 492 g/mol. The number of aryl methyl sites for hydroxylation is 2. The number of amides is 2. The van der Waals surface area contributed by atoms with Gasteiger partial charge >= 0.3 is 0 Å². The maximum atomic E-state index is 13.8. The van der Waals surface area contributed by atoms with E-state index in [-0.39, 0.29) is 24.4 Å². The molecule has 0 unspecified atom stereocenters. The summed E-state index contributed by atoms with van der Waals surface area (Å²) in [7, 11) is 0. The highest BCUT2D eigenvalue weighted by Crippen LogP contribution is 2.35. The quantitative estimate of drug-likeness (QED) is 0.371. The van der Waals surface area contributed by atoms with Crippen LogP contribution < -0.4 is 4.74 Å². The van der Waals surface area contributed by atoms with E-state index in [0.717, 1.165) is 23.3 Å². The Balaban J connectivity index is 1.57. The summed E-state index contributed by atoms with van der Waals surface area (Å²) in [5.41, 5.74) is 3.30. The van der Waals surface area contributed by atoms with Crippen LogP contribution in [-0.2, 0) is 11.2 Å². The number of ether oxygens (including phenoxy) is 1. The van der Waals surface area contributed by atoms with Crippen LogP contribution in [0.25, 0.3) is 0 Å². The average Bonchev–Trinajstić information content (AvgIpc) is 3.30. The molecule has 1 atom stereocenters.